The summed E-state index contributed by atoms with van der Waals surface area (Å²) in [5.41, 5.74) is 4.31. The molecule has 0 aliphatic heterocycles. The number of aldehydes is 1. The second-order valence-corrected chi connectivity index (χ2v) is 5.46. The Hall–Kier alpha value is -1.11. The summed E-state index contributed by atoms with van der Waals surface area (Å²) < 4.78 is 0. The van der Waals surface area contributed by atoms with Gasteiger partial charge in [0.05, 0.1) is 0 Å². The monoisotopic (exact) mass is 246 g/mol. The summed E-state index contributed by atoms with van der Waals surface area (Å²) in [6.45, 7) is 6.59. The first-order valence-electron chi connectivity index (χ1n) is 7.05. The quantitative estimate of drug-likeness (QED) is 0.495. The Kier molecular flexibility index (Phi) is 6.70. The normalized spacial score (nSPS) is 31.7. The standard InChI is InChI=1S/C17H26O/c1-14-6-4-7-15(2)10-11-17(12-13-18)16(3)9-5-8-14/h7-9,13,17H,4-6,10-12H2,1-3H3/b14-8-,15-7-,16-9-. The van der Waals surface area contributed by atoms with Gasteiger partial charge in [-0.2, -0.15) is 0 Å². The molecule has 18 heavy (non-hydrogen) atoms. The lowest BCUT2D eigenvalue weighted by Crippen LogP contribution is -2.04. The zero-order valence-corrected chi connectivity index (χ0v) is 12.0. The van der Waals surface area contributed by atoms with Gasteiger partial charge in [-0.3, -0.25) is 0 Å². The van der Waals surface area contributed by atoms with Gasteiger partial charge in [0.25, 0.3) is 0 Å². The molecule has 1 atom stereocenters. The van der Waals surface area contributed by atoms with Crippen LogP contribution in [-0.2, 0) is 4.79 Å². The fourth-order valence-corrected chi connectivity index (χ4v) is 2.41. The summed E-state index contributed by atoms with van der Waals surface area (Å²) in [4.78, 5) is 10.8. The highest BCUT2D eigenvalue weighted by atomic mass is 16.1. The molecule has 100 valence electrons. The number of allylic oxidation sites excluding steroid dienone is 6. The topological polar surface area (TPSA) is 17.1 Å². The van der Waals surface area contributed by atoms with Gasteiger partial charge in [0.2, 0.25) is 0 Å². The van der Waals surface area contributed by atoms with E-state index in [1.165, 1.54) is 23.1 Å². The number of rotatable bonds is 2. The lowest BCUT2D eigenvalue weighted by atomic mass is 9.89. The summed E-state index contributed by atoms with van der Waals surface area (Å²) >= 11 is 0. The highest BCUT2D eigenvalue weighted by Gasteiger charge is 2.10. The van der Waals surface area contributed by atoms with Gasteiger partial charge in [-0.05, 0) is 58.8 Å². The Balaban J connectivity index is 2.82. The Morgan fingerprint density at radius 1 is 1.11 bits per heavy atom. The van der Waals surface area contributed by atoms with Gasteiger partial charge in [-0.15, -0.1) is 0 Å². The van der Waals surface area contributed by atoms with Crippen LogP contribution in [0.4, 0.5) is 0 Å². The maximum Gasteiger partial charge on any atom is 0.120 e. The molecule has 1 rings (SSSR count). The van der Waals surface area contributed by atoms with Crippen molar-refractivity contribution >= 4 is 6.29 Å². The molecule has 1 aliphatic rings. The van der Waals surface area contributed by atoms with Crippen LogP contribution in [0.2, 0.25) is 0 Å². The van der Waals surface area contributed by atoms with Crippen LogP contribution in [0.15, 0.2) is 34.9 Å². The summed E-state index contributed by atoms with van der Waals surface area (Å²) in [7, 11) is 0. The van der Waals surface area contributed by atoms with Crippen LogP contribution >= 0.6 is 0 Å². The SMILES string of the molecule is C/C1=C/C/C=C(/C)C(CC=O)CC/C(C)=C\CC1. The fraction of sp³-hybridized carbons (Fsp3) is 0.588. The van der Waals surface area contributed by atoms with Crippen LogP contribution in [0.1, 0.15) is 59.3 Å². The molecular formula is C17H26O. The molecule has 1 nitrogen and oxygen atoms in total. The van der Waals surface area contributed by atoms with Crippen molar-refractivity contribution in [2.75, 3.05) is 0 Å². The van der Waals surface area contributed by atoms with Crippen LogP contribution in [0.25, 0.3) is 0 Å². The van der Waals surface area contributed by atoms with Gasteiger partial charge in [0, 0.05) is 6.42 Å². The maximum atomic E-state index is 10.8. The molecule has 0 saturated carbocycles. The van der Waals surface area contributed by atoms with Crippen molar-refractivity contribution in [3.63, 3.8) is 0 Å². The van der Waals surface area contributed by atoms with Gasteiger partial charge in [0.1, 0.15) is 6.29 Å². The molecule has 0 heterocycles. The van der Waals surface area contributed by atoms with E-state index in [0.29, 0.717) is 12.3 Å². The van der Waals surface area contributed by atoms with E-state index in [1.807, 2.05) is 0 Å². The average molecular weight is 246 g/mol. The summed E-state index contributed by atoms with van der Waals surface area (Å²) in [5.74, 6) is 0.430. The Labute approximate surface area is 112 Å². The molecule has 0 spiro atoms. The largest absolute Gasteiger partial charge is 0.303 e. The molecule has 1 heteroatoms. The van der Waals surface area contributed by atoms with Gasteiger partial charge in [-0.25, -0.2) is 0 Å². The van der Waals surface area contributed by atoms with Gasteiger partial charge < -0.3 is 4.79 Å². The molecule has 0 fully saturated rings. The Morgan fingerprint density at radius 2 is 1.83 bits per heavy atom. The molecular weight excluding hydrogens is 220 g/mol. The average Bonchev–Trinajstić information content (AvgIpc) is 2.33. The van der Waals surface area contributed by atoms with Crippen molar-refractivity contribution in [1.29, 1.82) is 0 Å². The highest BCUT2D eigenvalue weighted by Crippen LogP contribution is 2.24. The molecule has 0 amide bonds. The number of carbonyl (C=O) groups excluding carboxylic acids is 1. The Bertz CT molecular complexity index is 358. The lowest BCUT2D eigenvalue weighted by molar-refractivity contribution is -0.108. The molecule has 0 aromatic carbocycles. The van der Waals surface area contributed by atoms with Crippen molar-refractivity contribution < 1.29 is 4.79 Å². The first-order chi connectivity index (χ1) is 8.63. The van der Waals surface area contributed by atoms with E-state index in [4.69, 9.17) is 0 Å². The van der Waals surface area contributed by atoms with E-state index in [9.17, 15) is 4.79 Å². The van der Waals surface area contributed by atoms with Crippen molar-refractivity contribution in [2.45, 2.75) is 59.3 Å². The van der Waals surface area contributed by atoms with Crippen LogP contribution in [0.5, 0.6) is 0 Å². The fourth-order valence-electron chi connectivity index (χ4n) is 2.41. The van der Waals surface area contributed by atoms with E-state index >= 15 is 0 Å². The number of hydrogen-bond acceptors (Lipinski definition) is 1. The van der Waals surface area contributed by atoms with E-state index in [0.717, 1.165) is 32.0 Å². The van der Waals surface area contributed by atoms with E-state index < -0.39 is 0 Å². The van der Waals surface area contributed by atoms with Crippen LogP contribution in [0, 0.1) is 5.92 Å². The Morgan fingerprint density at radius 3 is 2.56 bits per heavy atom. The summed E-state index contributed by atoms with van der Waals surface area (Å²) in [6, 6.07) is 0. The molecule has 1 unspecified atom stereocenters. The summed E-state index contributed by atoms with van der Waals surface area (Å²) in [5, 5.41) is 0. The van der Waals surface area contributed by atoms with Crippen LogP contribution in [-0.4, -0.2) is 6.29 Å². The third kappa shape index (κ3) is 5.48. The molecule has 1 aliphatic carbocycles. The minimum absolute atomic E-state index is 0.430. The first-order valence-corrected chi connectivity index (χ1v) is 7.05. The molecule has 0 radical (unpaired) electrons. The van der Waals surface area contributed by atoms with Crippen molar-refractivity contribution in [2.24, 2.45) is 5.92 Å². The van der Waals surface area contributed by atoms with Crippen molar-refractivity contribution in [3.8, 4) is 0 Å². The predicted molar refractivity (Wildman–Crippen MR) is 78.5 cm³/mol. The minimum atomic E-state index is 0.430. The number of hydrogen-bond donors (Lipinski definition) is 0. The third-order valence-corrected chi connectivity index (χ3v) is 3.85. The van der Waals surface area contributed by atoms with Gasteiger partial charge >= 0.3 is 0 Å². The smallest absolute Gasteiger partial charge is 0.120 e. The molecule has 0 saturated heterocycles. The number of carbonyl (C=O) groups is 1. The second kappa shape index (κ2) is 8.07. The second-order valence-electron chi connectivity index (χ2n) is 5.46. The van der Waals surface area contributed by atoms with E-state index in [2.05, 4.69) is 39.0 Å². The molecule has 0 aromatic rings. The van der Waals surface area contributed by atoms with Gasteiger partial charge in [-0.1, -0.05) is 34.9 Å². The highest BCUT2D eigenvalue weighted by molar-refractivity contribution is 5.50. The molecule has 0 bridgehead atoms. The predicted octanol–water partition coefficient (Wildman–Crippen LogP) is 4.99. The minimum Gasteiger partial charge on any atom is -0.303 e. The first kappa shape index (κ1) is 14.9. The van der Waals surface area contributed by atoms with Gasteiger partial charge in [0.15, 0.2) is 0 Å². The molecule has 0 aromatic heterocycles. The van der Waals surface area contributed by atoms with Crippen LogP contribution < -0.4 is 0 Å². The molecule has 0 N–H and O–H groups in total. The van der Waals surface area contributed by atoms with Crippen LogP contribution in [0.3, 0.4) is 0 Å². The zero-order valence-electron chi connectivity index (χ0n) is 12.0. The summed E-state index contributed by atoms with van der Waals surface area (Å²) in [6.07, 6.45) is 14.2. The van der Waals surface area contributed by atoms with Crippen molar-refractivity contribution in [1.82, 2.24) is 0 Å². The van der Waals surface area contributed by atoms with Crippen molar-refractivity contribution in [3.05, 3.63) is 34.9 Å². The lowest BCUT2D eigenvalue weighted by Gasteiger charge is -2.16. The third-order valence-electron chi connectivity index (χ3n) is 3.85. The maximum absolute atomic E-state index is 10.8. The van der Waals surface area contributed by atoms with E-state index in [-0.39, 0.29) is 0 Å². The van der Waals surface area contributed by atoms with E-state index in [1.54, 1.807) is 0 Å². The zero-order chi connectivity index (χ0) is 13.4.